The van der Waals surface area contributed by atoms with Crippen molar-refractivity contribution in [1.29, 1.82) is 0 Å². The van der Waals surface area contributed by atoms with Crippen molar-refractivity contribution in [3.8, 4) is 0 Å². The van der Waals surface area contributed by atoms with Gasteiger partial charge in [-0.3, -0.25) is 0 Å². The minimum Gasteiger partial charge on any atom is -0.381 e. The van der Waals surface area contributed by atoms with Crippen molar-refractivity contribution >= 4 is 11.8 Å². The average Bonchev–Trinajstić information content (AvgIpc) is 2.84. The number of ether oxygens (including phenoxy) is 2. The summed E-state index contributed by atoms with van der Waals surface area (Å²) in [5, 5.41) is 1.75. The standard InChI is InChI=1S/C17H30O2S/c1-3-4-9-19-13-6-8-15-14-7-5-12(18-2)10-16(14)20-17(15)11-13/h12-17H,3-11H2,1-2H3. The van der Waals surface area contributed by atoms with Crippen molar-refractivity contribution in [2.75, 3.05) is 13.7 Å². The normalized spacial score (nSPS) is 44.1. The first-order valence-corrected chi connectivity index (χ1v) is 9.56. The number of thioether (sulfide) groups is 1. The number of fused-ring (bicyclic) bond motifs is 3. The zero-order valence-corrected chi connectivity index (χ0v) is 13.9. The fourth-order valence-electron chi connectivity index (χ4n) is 4.51. The molecule has 1 heterocycles. The van der Waals surface area contributed by atoms with Crippen LogP contribution in [-0.2, 0) is 9.47 Å². The summed E-state index contributed by atoms with van der Waals surface area (Å²) >= 11 is 2.28. The third-order valence-electron chi connectivity index (χ3n) is 5.67. The molecule has 3 fully saturated rings. The molecule has 6 atom stereocenters. The van der Waals surface area contributed by atoms with Crippen LogP contribution in [0.2, 0.25) is 0 Å². The lowest BCUT2D eigenvalue weighted by Crippen LogP contribution is -2.35. The van der Waals surface area contributed by atoms with Crippen molar-refractivity contribution in [2.24, 2.45) is 11.8 Å². The van der Waals surface area contributed by atoms with Gasteiger partial charge in [0.15, 0.2) is 0 Å². The van der Waals surface area contributed by atoms with Crippen molar-refractivity contribution in [1.82, 2.24) is 0 Å². The molecule has 20 heavy (non-hydrogen) atoms. The van der Waals surface area contributed by atoms with E-state index in [0.717, 1.165) is 28.9 Å². The molecule has 3 aliphatic rings. The lowest BCUT2D eigenvalue weighted by atomic mass is 9.72. The summed E-state index contributed by atoms with van der Waals surface area (Å²) in [6.07, 6.45) is 11.6. The molecule has 0 amide bonds. The molecular weight excluding hydrogens is 268 g/mol. The van der Waals surface area contributed by atoms with Gasteiger partial charge in [-0.15, -0.1) is 0 Å². The molecule has 1 aliphatic heterocycles. The Hall–Kier alpha value is 0.270. The lowest BCUT2D eigenvalue weighted by molar-refractivity contribution is 0.00745. The van der Waals surface area contributed by atoms with Gasteiger partial charge >= 0.3 is 0 Å². The first-order chi connectivity index (χ1) is 9.81. The lowest BCUT2D eigenvalue weighted by Gasteiger charge is -2.36. The quantitative estimate of drug-likeness (QED) is 0.706. The van der Waals surface area contributed by atoms with Crippen LogP contribution < -0.4 is 0 Å². The SMILES string of the molecule is CCCCOC1CCC2C(C1)SC1CC(OC)CCC12. The molecule has 2 nitrogen and oxygen atoms in total. The molecular formula is C17H30O2S. The van der Waals surface area contributed by atoms with Gasteiger partial charge in [0.25, 0.3) is 0 Å². The van der Waals surface area contributed by atoms with Crippen molar-refractivity contribution in [2.45, 2.75) is 81.0 Å². The van der Waals surface area contributed by atoms with E-state index >= 15 is 0 Å². The number of rotatable bonds is 5. The maximum atomic E-state index is 6.09. The van der Waals surface area contributed by atoms with E-state index in [4.69, 9.17) is 9.47 Å². The van der Waals surface area contributed by atoms with E-state index in [1.807, 2.05) is 7.11 Å². The van der Waals surface area contributed by atoms with Crippen LogP contribution in [0.3, 0.4) is 0 Å². The Bertz CT molecular complexity index is 309. The maximum Gasteiger partial charge on any atom is 0.0585 e. The minimum atomic E-state index is 0.528. The molecule has 3 rings (SSSR count). The summed E-state index contributed by atoms with van der Waals surface area (Å²) in [6, 6.07) is 0. The van der Waals surface area contributed by atoms with Crippen LogP contribution in [0.25, 0.3) is 0 Å². The zero-order chi connectivity index (χ0) is 13.9. The highest BCUT2D eigenvalue weighted by atomic mass is 32.2. The summed E-state index contributed by atoms with van der Waals surface area (Å²) in [5.74, 6) is 1.96. The van der Waals surface area contributed by atoms with Crippen LogP contribution in [0.5, 0.6) is 0 Å². The third-order valence-corrected chi connectivity index (χ3v) is 7.46. The summed E-state index contributed by atoms with van der Waals surface area (Å²) in [5.41, 5.74) is 0. The Labute approximate surface area is 128 Å². The van der Waals surface area contributed by atoms with Gasteiger partial charge in [0.2, 0.25) is 0 Å². The smallest absolute Gasteiger partial charge is 0.0585 e. The van der Waals surface area contributed by atoms with Crippen molar-refractivity contribution in [3.05, 3.63) is 0 Å². The highest BCUT2D eigenvalue weighted by Gasteiger charge is 2.48. The minimum absolute atomic E-state index is 0.528. The molecule has 1 saturated heterocycles. The zero-order valence-electron chi connectivity index (χ0n) is 13.1. The predicted molar refractivity (Wildman–Crippen MR) is 85.3 cm³/mol. The van der Waals surface area contributed by atoms with Gasteiger partial charge < -0.3 is 9.47 Å². The Morgan fingerprint density at radius 3 is 2.25 bits per heavy atom. The van der Waals surface area contributed by atoms with Crippen LogP contribution in [0, 0.1) is 11.8 Å². The molecule has 2 saturated carbocycles. The summed E-state index contributed by atoms with van der Waals surface area (Å²) in [4.78, 5) is 0. The van der Waals surface area contributed by atoms with Crippen LogP contribution in [-0.4, -0.2) is 36.4 Å². The maximum absolute atomic E-state index is 6.09. The first-order valence-electron chi connectivity index (χ1n) is 8.61. The molecule has 0 spiro atoms. The molecule has 0 aromatic carbocycles. The van der Waals surface area contributed by atoms with E-state index in [-0.39, 0.29) is 0 Å². The predicted octanol–water partition coefficient (Wildman–Crippen LogP) is 4.27. The van der Waals surface area contributed by atoms with Gasteiger partial charge in [-0.2, -0.15) is 11.8 Å². The van der Waals surface area contributed by atoms with E-state index < -0.39 is 0 Å². The molecule has 116 valence electrons. The van der Waals surface area contributed by atoms with Gasteiger partial charge in [-0.1, -0.05) is 13.3 Å². The van der Waals surface area contributed by atoms with E-state index in [1.54, 1.807) is 0 Å². The third kappa shape index (κ3) is 3.20. The Kier molecular flexibility index (Phi) is 5.33. The fraction of sp³-hybridized carbons (Fsp3) is 1.00. The van der Waals surface area contributed by atoms with Crippen LogP contribution in [0.4, 0.5) is 0 Å². The van der Waals surface area contributed by atoms with E-state index in [9.17, 15) is 0 Å². The Morgan fingerprint density at radius 1 is 0.950 bits per heavy atom. The second kappa shape index (κ2) is 7.02. The van der Waals surface area contributed by atoms with Crippen LogP contribution in [0.15, 0.2) is 0 Å². The number of hydrogen-bond acceptors (Lipinski definition) is 3. The fourth-order valence-corrected chi connectivity index (χ4v) is 6.69. The summed E-state index contributed by atoms with van der Waals surface area (Å²) in [7, 11) is 1.88. The van der Waals surface area contributed by atoms with Crippen molar-refractivity contribution < 1.29 is 9.47 Å². The summed E-state index contributed by atoms with van der Waals surface area (Å²) in [6.45, 7) is 3.21. The molecule has 0 aromatic rings. The summed E-state index contributed by atoms with van der Waals surface area (Å²) < 4.78 is 11.7. The van der Waals surface area contributed by atoms with E-state index in [0.29, 0.717) is 12.2 Å². The molecule has 6 unspecified atom stereocenters. The highest BCUT2D eigenvalue weighted by Crippen LogP contribution is 2.55. The highest BCUT2D eigenvalue weighted by molar-refractivity contribution is 8.00. The molecule has 2 aliphatic carbocycles. The van der Waals surface area contributed by atoms with E-state index in [2.05, 4.69) is 18.7 Å². The molecule has 0 radical (unpaired) electrons. The van der Waals surface area contributed by atoms with Crippen molar-refractivity contribution in [3.63, 3.8) is 0 Å². The second-order valence-electron chi connectivity index (χ2n) is 6.87. The van der Waals surface area contributed by atoms with Gasteiger partial charge in [-0.25, -0.2) is 0 Å². The number of hydrogen-bond donors (Lipinski definition) is 0. The van der Waals surface area contributed by atoms with Gasteiger partial charge in [0.05, 0.1) is 12.2 Å². The second-order valence-corrected chi connectivity index (χ2v) is 8.35. The first kappa shape index (κ1) is 15.2. The number of unbranched alkanes of at least 4 members (excludes halogenated alkanes) is 1. The topological polar surface area (TPSA) is 18.5 Å². The monoisotopic (exact) mass is 298 g/mol. The largest absolute Gasteiger partial charge is 0.381 e. The van der Waals surface area contributed by atoms with E-state index in [1.165, 1.54) is 51.4 Å². The van der Waals surface area contributed by atoms with Gasteiger partial charge in [0, 0.05) is 24.2 Å². The van der Waals surface area contributed by atoms with Gasteiger partial charge in [-0.05, 0) is 56.8 Å². The number of methoxy groups -OCH3 is 1. The Balaban J connectivity index is 1.52. The van der Waals surface area contributed by atoms with Crippen LogP contribution in [0.1, 0.15) is 58.3 Å². The van der Waals surface area contributed by atoms with Crippen LogP contribution >= 0.6 is 11.8 Å². The average molecular weight is 298 g/mol. The Morgan fingerprint density at radius 2 is 1.60 bits per heavy atom. The molecule has 0 bridgehead atoms. The molecule has 0 aromatic heterocycles. The van der Waals surface area contributed by atoms with Gasteiger partial charge in [0.1, 0.15) is 0 Å². The molecule has 0 N–H and O–H groups in total. The molecule has 3 heteroatoms.